The van der Waals surface area contributed by atoms with Crippen molar-refractivity contribution in [2.75, 3.05) is 49.6 Å². The molecule has 0 radical (unpaired) electrons. The monoisotopic (exact) mass is 413 g/mol. The molecule has 0 aromatic carbocycles. The van der Waals surface area contributed by atoms with Crippen molar-refractivity contribution < 1.29 is 9.53 Å². The first-order valence-corrected chi connectivity index (χ1v) is 10.3. The highest BCUT2D eigenvalue weighted by atomic mass is 16.5. The van der Waals surface area contributed by atoms with Crippen molar-refractivity contribution in [1.82, 2.24) is 24.8 Å². The molecule has 2 aromatic heterocycles. The number of nitrogens with zero attached hydrogens (tertiary/aromatic N) is 5. The Hall–Kier alpha value is -3.01. The van der Waals surface area contributed by atoms with Crippen molar-refractivity contribution in [2.45, 2.75) is 32.2 Å². The highest BCUT2D eigenvalue weighted by molar-refractivity contribution is 5.75. The lowest BCUT2D eigenvalue weighted by atomic mass is 10.3. The minimum atomic E-state index is -0.229. The molecule has 0 bridgehead atoms. The first-order valence-electron chi connectivity index (χ1n) is 10.3. The Bertz CT molecular complexity index is 952. The van der Waals surface area contributed by atoms with Crippen LogP contribution < -0.4 is 21.1 Å². The summed E-state index contributed by atoms with van der Waals surface area (Å²) in [5, 5.41) is 6.03. The summed E-state index contributed by atoms with van der Waals surface area (Å²) in [4.78, 5) is 39.6. The fourth-order valence-corrected chi connectivity index (χ4v) is 3.36. The van der Waals surface area contributed by atoms with Crippen LogP contribution in [0.5, 0.6) is 0 Å². The SMILES string of the molecule is Cc1nc(NCCNC(=O)Cn2cnc(C3CC3)cc2=O)cc(N2CCOCC2)n1. The molecule has 1 saturated carbocycles. The largest absolute Gasteiger partial charge is 0.378 e. The number of carbonyl (C=O) groups is 1. The second kappa shape index (κ2) is 9.21. The Morgan fingerprint density at radius 1 is 1.20 bits per heavy atom. The fraction of sp³-hybridized carbons (Fsp3) is 0.550. The van der Waals surface area contributed by atoms with Gasteiger partial charge in [-0.1, -0.05) is 0 Å². The number of amides is 1. The van der Waals surface area contributed by atoms with Crippen LogP contribution in [0.15, 0.2) is 23.3 Å². The Morgan fingerprint density at radius 3 is 2.73 bits per heavy atom. The van der Waals surface area contributed by atoms with Crippen molar-refractivity contribution in [3.63, 3.8) is 0 Å². The molecular formula is C20H27N7O3. The van der Waals surface area contributed by atoms with Gasteiger partial charge in [0.05, 0.1) is 25.2 Å². The third-order valence-corrected chi connectivity index (χ3v) is 5.12. The normalized spacial score (nSPS) is 16.4. The number of morpholine rings is 1. The highest BCUT2D eigenvalue weighted by Crippen LogP contribution is 2.38. The Balaban J connectivity index is 1.24. The van der Waals surface area contributed by atoms with Gasteiger partial charge in [0.25, 0.3) is 5.56 Å². The molecule has 3 heterocycles. The molecule has 1 aliphatic heterocycles. The van der Waals surface area contributed by atoms with Gasteiger partial charge >= 0.3 is 0 Å². The van der Waals surface area contributed by atoms with E-state index in [9.17, 15) is 9.59 Å². The van der Waals surface area contributed by atoms with Crippen LogP contribution in [0.4, 0.5) is 11.6 Å². The maximum atomic E-state index is 12.2. The van der Waals surface area contributed by atoms with E-state index in [1.807, 2.05) is 13.0 Å². The highest BCUT2D eigenvalue weighted by Gasteiger charge is 2.25. The van der Waals surface area contributed by atoms with Gasteiger partial charge in [0.15, 0.2) is 0 Å². The smallest absolute Gasteiger partial charge is 0.254 e. The second-order valence-electron chi connectivity index (χ2n) is 7.59. The van der Waals surface area contributed by atoms with Gasteiger partial charge in [-0.05, 0) is 19.8 Å². The van der Waals surface area contributed by atoms with Crippen LogP contribution in [-0.4, -0.2) is 64.8 Å². The van der Waals surface area contributed by atoms with Crippen LogP contribution in [0.1, 0.15) is 30.3 Å². The standard InChI is InChI=1S/C20H27N7O3/c1-14-24-17(11-18(25-14)26-6-8-30-9-7-26)21-4-5-22-19(28)12-27-13-23-16(10-20(27)29)15-2-3-15/h10-11,13,15H,2-9,12H2,1H3,(H,22,28)(H,21,24,25). The number of nitrogens with one attached hydrogen (secondary N) is 2. The van der Waals surface area contributed by atoms with E-state index < -0.39 is 0 Å². The van der Waals surface area contributed by atoms with Gasteiger partial charge in [-0.25, -0.2) is 15.0 Å². The van der Waals surface area contributed by atoms with Crippen molar-refractivity contribution in [1.29, 1.82) is 0 Å². The quantitative estimate of drug-likeness (QED) is 0.594. The van der Waals surface area contributed by atoms with E-state index in [1.54, 1.807) is 0 Å². The molecule has 0 atom stereocenters. The third kappa shape index (κ3) is 5.32. The number of carbonyl (C=O) groups excluding carboxylic acids is 1. The first-order chi connectivity index (χ1) is 14.6. The van der Waals surface area contributed by atoms with Gasteiger partial charge in [0, 0.05) is 44.2 Å². The number of hydrogen-bond donors (Lipinski definition) is 2. The molecule has 30 heavy (non-hydrogen) atoms. The zero-order valence-corrected chi connectivity index (χ0v) is 17.1. The van der Waals surface area contributed by atoms with Gasteiger partial charge in [0.2, 0.25) is 5.91 Å². The van der Waals surface area contributed by atoms with Gasteiger partial charge in [0.1, 0.15) is 24.0 Å². The maximum Gasteiger partial charge on any atom is 0.254 e. The molecule has 160 valence electrons. The first kappa shape index (κ1) is 20.3. The predicted molar refractivity (Wildman–Crippen MR) is 112 cm³/mol. The molecular weight excluding hydrogens is 386 g/mol. The van der Waals surface area contributed by atoms with E-state index >= 15 is 0 Å². The Labute approximate surface area is 174 Å². The minimum absolute atomic E-state index is 0.0371. The third-order valence-electron chi connectivity index (χ3n) is 5.12. The van der Waals surface area contributed by atoms with E-state index in [2.05, 4.69) is 30.5 Å². The number of rotatable bonds is 8. The molecule has 10 nitrogen and oxygen atoms in total. The molecule has 2 aliphatic rings. The van der Waals surface area contributed by atoms with Crippen LogP contribution >= 0.6 is 0 Å². The summed E-state index contributed by atoms with van der Waals surface area (Å²) in [5.41, 5.74) is 0.643. The zero-order chi connectivity index (χ0) is 20.9. The van der Waals surface area contributed by atoms with E-state index in [4.69, 9.17) is 4.74 Å². The van der Waals surface area contributed by atoms with Crippen LogP contribution in [0.25, 0.3) is 0 Å². The molecule has 4 rings (SSSR count). The van der Waals surface area contributed by atoms with Crippen LogP contribution in [0, 0.1) is 6.92 Å². The summed E-state index contributed by atoms with van der Waals surface area (Å²) in [6.07, 6.45) is 3.64. The van der Waals surface area contributed by atoms with Gasteiger partial charge in [-0.15, -0.1) is 0 Å². The number of aromatic nitrogens is 4. The zero-order valence-electron chi connectivity index (χ0n) is 17.1. The average molecular weight is 413 g/mol. The summed E-state index contributed by atoms with van der Waals surface area (Å²) in [6, 6.07) is 3.45. The van der Waals surface area contributed by atoms with Crippen molar-refractivity contribution >= 4 is 17.5 Å². The average Bonchev–Trinajstić information content (AvgIpc) is 3.58. The lowest BCUT2D eigenvalue weighted by molar-refractivity contribution is -0.121. The summed E-state index contributed by atoms with van der Waals surface area (Å²) in [6.45, 7) is 5.75. The van der Waals surface area contributed by atoms with Crippen molar-refractivity contribution in [2.24, 2.45) is 0 Å². The molecule has 2 aromatic rings. The summed E-state index contributed by atoms with van der Waals surface area (Å²) in [5.74, 6) is 2.47. The Kier molecular flexibility index (Phi) is 6.22. The van der Waals surface area contributed by atoms with Crippen LogP contribution in [-0.2, 0) is 16.1 Å². The van der Waals surface area contributed by atoms with Crippen molar-refractivity contribution in [3.05, 3.63) is 40.3 Å². The molecule has 2 N–H and O–H groups in total. The van der Waals surface area contributed by atoms with Crippen LogP contribution in [0.3, 0.4) is 0 Å². The lowest BCUT2D eigenvalue weighted by Crippen LogP contribution is -2.37. The molecule has 10 heteroatoms. The number of ether oxygens (including phenoxy) is 1. The molecule has 2 fully saturated rings. The van der Waals surface area contributed by atoms with E-state index in [1.165, 1.54) is 17.0 Å². The fourth-order valence-electron chi connectivity index (χ4n) is 3.36. The summed E-state index contributed by atoms with van der Waals surface area (Å²) < 4.78 is 6.72. The molecule has 1 aliphatic carbocycles. The van der Waals surface area contributed by atoms with Crippen LogP contribution in [0.2, 0.25) is 0 Å². The van der Waals surface area contributed by atoms with Gasteiger partial charge < -0.3 is 20.3 Å². The minimum Gasteiger partial charge on any atom is -0.378 e. The summed E-state index contributed by atoms with van der Waals surface area (Å²) >= 11 is 0. The molecule has 1 amide bonds. The van der Waals surface area contributed by atoms with Gasteiger partial charge in [-0.3, -0.25) is 14.2 Å². The van der Waals surface area contributed by atoms with E-state index in [-0.39, 0.29) is 18.0 Å². The number of hydrogen-bond acceptors (Lipinski definition) is 8. The van der Waals surface area contributed by atoms with Gasteiger partial charge in [-0.2, -0.15) is 0 Å². The van der Waals surface area contributed by atoms with E-state index in [0.717, 1.165) is 37.4 Å². The molecule has 0 unspecified atom stereocenters. The van der Waals surface area contributed by atoms with E-state index in [0.29, 0.717) is 43.9 Å². The Morgan fingerprint density at radius 2 is 2.00 bits per heavy atom. The number of aryl methyl sites for hydroxylation is 1. The second-order valence-corrected chi connectivity index (χ2v) is 7.59. The molecule has 1 saturated heterocycles. The topological polar surface area (TPSA) is 114 Å². The molecule has 0 spiro atoms. The lowest BCUT2D eigenvalue weighted by Gasteiger charge is -2.28. The number of anilines is 2. The predicted octanol–water partition coefficient (Wildman–Crippen LogP) is 0.284. The van der Waals surface area contributed by atoms with Crippen molar-refractivity contribution in [3.8, 4) is 0 Å². The summed E-state index contributed by atoms with van der Waals surface area (Å²) in [7, 11) is 0. The maximum absolute atomic E-state index is 12.2.